The van der Waals surface area contributed by atoms with Crippen molar-refractivity contribution in [1.82, 2.24) is 4.90 Å². The molecule has 196 valence electrons. The first-order chi connectivity index (χ1) is 19.8. The topological polar surface area (TPSA) is 38.8 Å². The number of carbonyl (C=O) groups is 1. The lowest BCUT2D eigenvalue weighted by Crippen LogP contribution is -2.56. The second-order valence-electron chi connectivity index (χ2n) is 11.1. The van der Waals surface area contributed by atoms with Crippen molar-refractivity contribution < 1.29 is 14.3 Å². The number of ether oxygens (including phenoxy) is 2. The van der Waals surface area contributed by atoms with E-state index in [2.05, 4.69) is 109 Å². The molecule has 0 aromatic heterocycles. The van der Waals surface area contributed by atoms with Crippen molar-refractivity contribution >= 4 is 33.2 Å². The average molecular weight is 524 g/mol. The van der Waals surface area contributed by atoms with E-state index in [1.165, 1.54) is 54.9 Å². The van der Waals surface area contributed by atoms with Crippen molar-refractivity contribution in [2.45, 2.75) is 24.4 Å². The molecule has 0 saturated carbocycles. The van der Waals surface area contributed by atoms with Gasteiger partial charge in [0.2, 0.25) is 0 Å². The van der Waals surface area contributed by atoms with Crippen molar-refractivity contribution in [3.05, 3.63) is 126 Å². The van der Waals surface area contributed by atoms with Crippen molar-refractivity contribution in [3.8, 4) is 11.1 Å². The Bertz CT molecular complexity index is 1720. The van der Waals surface area contributed by atoms with Gasteiger partial charge in [-0.2, -0.15) is 0 Å². The van der Waals surface area contributed by atoms with Gasteiger partial charge in [-0.3, -0.25) is 4.90 Å². The van der Waals surface area contributed by atoms with Crippen LogP contribution >= 0.6 is 0 Å². The van der Waals surface area contributed by atoms with Crippen LogP contribution in [0.5, 0.6) is 0 Å². The van der Waals surface area contributed by atoms with E-state index < -0.39 is 0 Å². The molecule has 5 aromatic rings. The van der Waals surface area contributed by atoms with E-state index in [0.717, 1.165) is 6.42 Å². The maximum absolute atomic E-state index is 13.7. The van der Waals surface area contributed by atoms with Gasteiger partial charge < -0.3 is 9.47 Å². The molecular formula is C36H29NO3. The molecule has 3 aliphatic rings. The van der Waals surface area contributed by atoms with Gasteiger partial charge in [0.25, 0.3) is 0 Å². The Morgan fingerprint density at radius 3 is 2.02 bits per heavy atom. The minimum Gasteiger partial charge on any atom is -0.448 e. The Hall–Kier alpha value is -4.41. The molecular weight excluding hydrogens is 494 g/mol. The van der Waals surface area contributed by atoms with Crippen LogP contribution in [-0.2, 0) is 9.47 Å². The summed E-state index contributed by atoms with van der Waals surface area (Å²) in [6.07, 6.45) is 2.72. The van der Waals surface area contributed by atoms with Gasteiger partial charge in [-0.05, 0) is 67.4 Å². The molecule has 40 heavy (non-hydrogen) atoms. The largest absolute Gasteiger partial charge is 0.448 e. The van der Waals surface area contributed by atoms with Crippen molar-refractivity contribution in [2.24, 2.45) is 0 Å². The number of hydrogen-bond acceptors (Lipinski definition) is 3. The Balaban J connectivity index is 1.11. The molecule has 1 saturated heterocycles. The highest BCUT2D eigenvalue weighted by Crippen LogP contribution is 2.45. The van der Waals surface area contributed by atoms with Crippen LogP contribution in [0.1, 0.15) is 29.0 Å². The molecule has 0 radical (unpaired) electrons. The molecule has 0 spiro atoms. The number of hydrogen-bond donors (Lipinski definition) is 0. The normalized spacial score (nSPS) is 19.8. The first kappa shape index (κ1) is 23.5. The summed E-state index contributed by atoms with van der Waals surface area (Å²) >= 11 is 0. The van der Waals surface area contributed by atoms with Gasteiger partial charge >= 0.3 is 6.09 Å². The smallest absolute Gasteiger partial charge is 0.410 e. The molecule has 2 bridgehead atoms. The number of carbonyl (C=O) groups excluding carboxylic acids is 1. The van der Waals surface area contributed by atoms with Crippen LogP contribution in [0.4, 0.5) is 4.79 Å². The number of benzene rings is 5. The molecule has 2 atom stereocenters. The number of amides is 1. The summed E-state index contributed by atoms with van der Waals surface area (Å²) < 4.78 is 12.1. The number of nitrogens with zero attached hydrogens (tertiary/aromatic N) is 1. The Labute approximate surface area is 233 Å². The number of morpholine rings is 1. The molecule has 2 heterocycles. The van der Waals surface area contributed by atoms with E-state index in [9.17, 15) is 4.79 Å². The van der Waals surface area contributed by atoms with Crippen molar-refractivity contribution in [2.75, 3.05) is 19.8 Å². The minimum atomic E-state index is -0.252. The molecule has 1 aliphatic carbocycles. The molecule has 4 heteroatoms. The Kier molecular flexibility index (Phi) is 5.49. The lowest BCUT2D eigenvalue weighted by atomic mass is 9.85. The van der Waals surface area contributed by atoms with Crippen molar-refractivity contribution in [3.63, 3.8) is 0 Å². The highest BCUT2D eigenvalue weighted by atomic mass is 16.6. The summed E-state index contributed by atoms with van der Waals surface area (Å²) in [6.45, 7) is 1.32. The third-order valence-corrected chi connectivity index (χ3v) is 8.84. The van der Waals surface area contributed by atoms with E-state index in [1.807, 2.05) is 4.90 Å². The molecule has 1 amide bonds. The molecule has 5 aromatic carbocycles. The Morgan fingerprint density at radius 2 is 1.38 bits per heavy atom. The summed E-state index contributed by atoms with van der Waals surface area (Å²) in [5.41, 5.74) is 7.48. The predicted octanol–water partition coefficient (Wildman–Crippen LogP) is 7.80. The van der Waals surface area contributed by atoms with E-state index in [0.29, 0.717) is 19.8 Å². The first-order valence-corrected chi connectivity index (χ1v) is 14.1. The standard InChI is InChI=1S/C36H29NO3/c38-36(40-22-34-32-15-7-5-13-30(32)31-14-6-8-16-33(31)34)37-26-18-25(19-27(37)21-39-20-26)35-28-11-3-1-9-23(28)17-24-10-2-4-12-29(24)35/h1-18,26-27,34H,19-22H2. The molecule has 2 unspecified atom stereocenters. The van der Waals surface area contributed by atoms with Crippen LogP contribution in [0.2, 0.25) is 0 Å². The molecule has 8 rings (SSSR count). The van der Waals surface area contributed by atoms with Gasteiger partial charge in [-0.15, -0.1) is 0 Å². The van der Waals surface area contributed by atoms with E-state index in [-0.39, 0.29) is 24.1 Å². The zero-order valence-electron chi connectivity index (χ0n) is 22.1. The average Bonchev–Trinajstić information content (AvgIpc) is 3.31. The summed E-state index contributed by atoms with van der Waals surface area (Å²) in [7, 11) is 0. The second kappa shape index (κ2) is 9.35. The van der Waals surface area contributed by atoms with Gasteiger partial charge in [-0.1, -0.05) is 103 Å². The summed E-state index contributed by atoms with van der Waals surface area (Å²) in [6, 6.07) is 36.1. The fraction of sp³-hybridized carbons (Fsp3) is 0.194. The summed E-state index contributed by atoms with van der Waals surface area (Å²) in [4.78, 5) is 15.6. The third kappa shape index (κ3) is 3.67. The van der Waals surface area contributed by atoms with Crippen LogP contribution in [-0.4, -0.2) is 42.9 Å². The highest BCUT2D eigenvalue weighted by molar-refractivity contribution is 6.09. The third-order valence-electron chi connectivity index (χ3n) is 8.84. The van der Waals surface area contributed by atoms with Crippen LogP contribution in [0.25, 0.3) is 38.2 Å². The van der Waals surface area contributed by atoms with Gasteiger partial charge in [-0.25, -0.2) is 4.79 Å². The zero-order chi connectivity index (χ0) is 26.6. The zero-order valence-corrected chi connectivity index (χ0v) is 22.1. The molecule has 0 N–H and O–H groups in total. The number of rotatable bonds is 3. The van der Waals surface area contributed by atoms with E-state index in [4.69, 9.17) is 9.47 Å². The maximum atomic E-state index is 13.7. The molecule has 2 aliphatic heterocycles. The van der Waals surface area contributed by atoms with Crippen LogP contribution < -0.4 is 0 Å². The van der Waals surface area contributed by atoms with E-state index in [1.54, 1.807) is 0 Å². The SMILES string of the molecule is O=C(OCC1c2ccccc2-c2ccccc21)N1C2C=C(c3c4ccccc4cc4ccccc34)CC1COC2. The lowest BCUT2D eigenvalue weighted by molar-refractivity contribution is -0.0331. The summed E-state index contributed by atoms with van der Waals surface area (Å²) in [5, 5.41) is 4.97. The van der Waals surface area contributed by atoms with Gasteiger partial charge in [0.1, 0.15) is 6.61 Å². The predicted molar refractivity (Wildman–Crippen MR) is 159 cm³/mol. The number of fused-ring (bicyclic) bond motifs is 7. The van der Waals surface area contributed by atoms with Crippen LogP contribution in [0.3, 0.4) is 0 Å². The molecule has 1 fully saturated rings. The van der Waals surface area contributed by atoms with E-state index >= 15 is 0 Å². The highest BCUT2D eigenvalue weighted by Gasteiger charge is 2.40. The fourth-order valence-electron chi connectivity index (χ4n) is 7.09. The van der Waals surface area contributed by atoms with Crippen LogP contribution in [0, 0.1) is 0 Å². The van der Waals surface area contributed by atoms with Gasteiger partial charge in [0.05, 0.1) is 25.3 Å². The fourth-order valence-corrected chi connectivity index (χ4v) is 7.09. The lowest BCUT2D eigenvalue weighted by Gasteiger charge is -2.44. The first-order valence-electron chi connectivity index (χ1n) is 14.1. The van der Waals surface area contributed by atoms with Crippen molar-refractivity contribution in [1.29, 1.82) is 0 Å². The quantitative estimate of drug-likeness (QED) is 0.227. The minimum absolute atomic E-state index is 0.0466. The second-order valence-corrected chi connectivity index (χ2v) is 11.1. The monoisotopic (exact) mass is 523 g/mol. The maximum Gasteiger partial charge on any atom is 0.410 e. The van der Waals surface area contributed by atoms with Crippen LogP contribution in [0.15, 0.2) is 109 Å². The summed E-state index contributed by atoms with van der Waals surface area (Å²) in [5.74, 6) is 0.0466. The molecule has 4 nitrogen and oxygen atoms in total. The van der Waals surface area contributed by atoms with Gasteiger partial charge in [0.15, 0.2) is 0 Å². The van der Waals surface area contributed by atoms with Gasteiger partial charge in [0, 0.05) is 5.92 Å². The Morgan fingerprint density at radius 1 is 0.775 bits per heavy atom.